The first-order valence-corrected chi connectivity index (χ1v) is 41.7. The number of carboxylic acids is 1. The molecule has 9 aromatic rings. The van der Waals surface area contributed by atoms with Crippen LogP contribution in [0.1, 0.15) is 195 Å². The van der Waals surface area contributed by atoms with Crippen LogP contribution in [0.3, 0.4) is 0 Å². The van der Waals surface area contributed by atoms with Gasteiger partial charge in [-0.1, -0.05) is 42.5 Å². The van der Waals surface area contributed by atoms with Crippen LogP contribution < -0.4 is 9.65 Å². The van der Waals surface area contributed by atoms with E-state index < -0.39 is 159 Å². The van der Waals surface area contributed by atoms with Crippen molar-refractivity contribution in [1.29, 1.82) is 0 Å². The van der Waals surface area contributed by atoms with E-state index in [4.69, 9.17) is 14.4 Å². The van der Waals surface area contributed by atoms with Crippen LogP contribution in [-0.2, 0) is 62.5 Å². The lowest BCUT2D eigenvalue weighted by molar-refractivity contribution is -0.135. The summed E-state index contributed by atoms with van der Waals surface area (Å²) in [6, 6.07) is 15.5. The molecule has 1 saturated heterocycles. The zero-order valence-electron chi connectivity index (χ0n) is 72.9. The third-order valence-corrected chi connectivity index (χ3v) is 23.1. The van der Waals surface area contributed by atoms with E-state index in [0.717, 1.165) is 97.1 Å². The Labute approximate surface area is 738 Å². The van der Waals surface area contributed by atoms with Gasteiger partial charge >= 0.3 is 60.3 Å². The van der Waals surface area contributed by atoms with Crippen LogP contribution in [0.5, 0.6) is 5.75 Å². The van der Waals surface area contributed by atoms with E-state index in [1.807, 2.05) is 41.5 Å². The highest BCUT2D eigenvalue weighted by molar-refractivity contribution is 7.88. The first-order chi connectivity index (χ1) is 60.4. The lowest BCUT2D eigenvalue weighted by Crippen LogP contribution is -2.48. The molecule has 4 aliphatic rings. The Balaban J connectivity index is 0.000000186. The van der Waals surface area contributed by atoms with Crippen molar-refractivity contribution in [3.05, 3.63) is 248 Å². The van der Waals surface area contributed by atoms with Gasteiger partial charge in [0, 0.05) is 114 Å². The van der Waals surface area contributed by atoms with E-state index in [-0.39, 0.29) is 77.1 Å². The van der Waals surface area contributed by atoms with E-state index in [2.05, 4.69) is 29.0 Å². The molecule has 0 saturated carbocycles. The predicted molar refractivity (Wildman–Crippen MR) is 448 cm³/mol. The van der Waals surface area contributed by atoms with Gasteiger partial charge in [-0.2, -0.15) is 63.2 Å². The molecule has 7 heterocycles. The Morgan fingerprint density at radius 2 is 0.785 bits per heavy atom. The summed E-state index contributed by atoms with van der Waals surface area (Å²) < 4.78 is 302. The molecule has 4 aliphatic heterocycles. The minimum atomic E-state index is -5.94. The Kier molecular flexibility index (Phi) is 31.1. The van der Waals surface area contributed by atoms with Crippen molar-refractivity contribution in [2.75, 3.05) is 33.9 Å². The molecule has 130 heavy (non-hydrogen) atoms. The topological polar surface area (TPSA) is 215 Å². The summed E-state index contributed by atoms with van der Waals surface area (Å²) in [6.07, 6.45) is 15.0. The van der Waals surface area contributed by atoms with Gasteiger partial charge in [-0.05, 0) is 237 Å². The smallest absolute Gasteiger partial charge is 0.478 e. The standard InChI is InChI=1S/C28H28F5N3O2.C27H26F5N3O2.C25H25F6NO5S.C10H15BF2N2O2/c1-16-9-19-12-18(20-13-34-36(14-20)27(31)32)6-7-21(19)26(35(16)15-28(2,3)33)25-22(29)10-17(11-23(25)30)5-8-24(37)38-4;1-15-8-18-11-17(19-12-33-35(13-19)26(30)31)5-6-20(18)25(34(15)14-27(2,3)32)24-21(28)9-16(10-22(24)29)4-7-23(36)37;1-14-9-16-12-17(37-38(34,35)25(29,30)31)6-7-18(16)23(32(14)13-24(2,3)28)22-19(26)10-15(11-20(22)27)5-8-21(33)36-4;1-9(2)10(3,4)17-11(16-9)7-5-14-15(6-7)8(12)13/h5-8,10-14,16,26-27H,9,15H2,1-4H3;4-7,9-13,15,25-26H,8,14H2,1-3H3,(H,36,37);5-8,10-12,14,23H,9,13H2,1-4H3;5-6,8H,1-4H3/b8-5+;7-4+;8-5+;. The summed E-state index contributed by atoms with van der Waals surface area (Å²) in [4.78, 5) is 38.5. The monoisotopic (exact) mass is 1860 g/mol. The minimum absolute atomic E-state index is 0.0108. The Morgan fingerprint density at radius 1 is 0.477 bits per heavy atom. The maximum Gasteiger partial charge on any atom is 0.534 e. The highest BCUT2D eigenvalue weighted by atomic mass is 32.2. The summed E-state index contributed by atoms with van der Waals surface area (Å²) in [5, 5.41) is 19.7. The molecule has 0 aliphatic carbocycles. The van der Waals surface area contributed by atoms with Gasteiger partial charge in [0.15, 0.2) is 0 Å². The molecule has 0 bridgehead atoms. The van der Waals surface area contributed by atoms with Crippen molar-refractivity contribution in [1.82, 2.24) is 44.0 Å². The van der Waals surface area contributed by atoms with Crippen LogP contribution in [0.4, 0.5) is 79.0 Å². The minimum Gasteiger partial charge on any atom is -0.478 e. The first kappa shape index (κ1) is 101. The van der Waals surface area contributed by atoms with Gasteiger partial charge in [0.25, 0.3) is 0 Å². The normalized spacial score (nSPS) is 19.1. The second-order valence-electron chi connectivity index (χ2n) is 34.4. The van der Waals surface area contributed by atoms with Crippen LogP contribution in [-0.4, -0.2) is 168 Å². The van der Waals surface area contributed by atoms with Crippen molar-refractivity contribution in [3.63, 3.8) is 0 Å². The molecule has 3 aromatic heterocycles. The molecular weight excluding hydrogens is 1770 g/mol. The molecule has 0 amide bonds. The number of carboxylic acid groups (broad SMARTS) is 1. The molecular formula is C90H94BF18N9O11S. The zero-order chi connectivity index (χ0) is 96.3. The van der Waals surface area contributed by atoms with E-state index in [9.17, 15) is 75.5 Å². The first-order valence-electron chi connectivity index (χ1n) is 40.3. The second kappa shape index (κ2) is 39.9. The Bertz CT molecular complexity index is 5740. The summed E-state index contributed by atoms with van der Waals surface area (Å²) in [6.45, 7) is 12.5. The number of ether oxygens (including phenoxy) is 2. The lowest BCUT2D eigenvalue weighted by Gasteiger charge is -2.44. The lowest BCUT2D eigenvalue weighted by atomic mass is 9.82. The molecule has 1 fully saturated rings. The largest absolute Gasteiger partial charge is 0.534 e. The van der Waals surface area contributed by atoms with E-state index in [1.165, 1.54) is 103 Å². The highest BCUT2D eigenvalue weighted by Gasteiger charge is 2.53. The van der Waals surface area contributed by atoms with Crippen LogP contribution in [0.25, 0.3) is 40.5 Å². The second-order valence-corrected chi connectivity index (χ2v) is 35.9. The molecule has 700 valence electrons. The molecule has 0 radical (unpaired) electrons. The third kappa shape index (κ3) is 24.4. The van der Waals surface area contributed by atoms with E-state index >= 15 is 26.3 Å². The number of hydrogen-bond acceptors (Lipinski definition) is 16. The van der Waals surface area contributed by atoms with Crippen molar-refractivity contribution in [3.8, 4) is 28.0 Å². The number of carbonyl (C=O) groups excluding carboxylic acids is 2. The summed E-state index contributed by atoms with van der Waals surface area (Å²) >= 11 is 0. The summed E-state index contributed by atoms with van der Waals surface area (Å²) in [5.74, 6) is -8.79. The van der Waals surface area contributed by atoms with Crippen LogP contribution in [0.15, 0.2) is 146 Å². The van der Waals surface area contributed by atoms with Crippen molar-refractivity contribution >= 4 is 58.8 Å². The number of carbonyl (C=O) groups is 3. The molecule has 6 unspecified atom stereocenters. The zero-order valence-corrected chi connectivity index (χ0v) is 73.7. The number of halogens is 18. The SMILES string of the molecule is CC1(C)OB(c2cnn(C(F)F)c2)OC1(C)C.CC1Cc2cc(-c3cnn(C(F)F)c3)ccc2C(c2c(F)cc(/C=C/C(=O)O)cc2F)N1CC(C)(C)F.COC(=O)/C=C/c1cc(F)c(C2c3ccc(-c4cnn(C(F)F)c4)cc3CC(C)N2CC(C)(C)F)c(F)c1.COC(=O)/C=C/c1cc(F)c(C2c3ccc(OS(=O)(=O)C(F)(F)F)cc3CC(C)N2CC(C)(C)F)c(F)c1. The third-order valence-electron chi connectivity index (χ3n) is 22.1. The maximum atomic E-state index is 15.6. The number of fused-ring (bicyclic) bond motifs is 3. The number of aliphatic carboxylic acids is 1. The van der Waals surface area contributed by atoms with Crippen LogP contribution >= 0.6 is 0 Å². The maximum absolute atomic E-state index is 15.6. The highest BCUT2D eigenvalue weighted by Crippen LogP contribution is 2.48. The van der Waals surface area contributed by atoms with Crippen molar-refractivity contribution in [2.24, 2.45) is 0 Å². The van der Waals surface area contributed by atoms with Crippen LogP contribution in [0, 0.1) is 34.9 Å². The number of rotatable bonds is 23. The fourth-order valence-corrected chi connectivity index (χ4v) is 16.0. The summed E-state index contributed by atoms with van der Waals surface area (Å²) in [7, 11) is -4.26. The average Bonchev–Trinajstić information content (AvgIpc) is 1.08. The molecule has 6 aromatic carbocycles. The molecule has 0 spiro atoms. The number of hydrogen-bond donors (Lipinski definition) is 1. The van der Waals surface area contributed by atoms with Gasteiger partial charge in [-0.25, -0.2) is 67.9 Å². The van der Waals surface area contributed by atoms with E-state index in [1.54, 1.807) is 53.1 Å². The van der Waals surface area contributed by atoms with Crippen molar-refractivity contribution < 1.29 is 130 Å². The van der Waals surface area contributed by atoms with Gasteiger partial charge in [0.05, 0.1) is 55.9 Å². The Morgan fingerprint density at radius 3 is 1.08 bits per heavy atom. The number of methoxy groups -OCH3 is 2. The number of nitrogens with zero attached hydrogens (tertiary/aromatic N) is 9. The van der Waals surface area contributed by atoms with E-state index in [0.29, 0.717) is 65.7 Å². The van der Waals surface area contributed by atoms with Crippen LogP contribution in [0.2, 0.25) is 0 Å². The van der Waals surface area contributed by atoms with Gasteiger partial charge in [-0.3, -0.25) is 14.7 Å². The molecule has 1 N–H and O–H groups in total. The van der Waals surface area contributed by atoms with Gasteiger partial charge in [0.1, 0.15) is 57.7 Å². The van der Waals surface area contributed by atoms with Crippen molar-refractivity contribution in [2.45, 2.75) is 199 Å². The number of esters is 2. The molecule has 6 atom stereocenters. The predicted octanol–water partition coefficient (Wildman–Crippen LogP) is 19.9. The quantitative estimate of drug-likeness (QED) is 0.0157. The van der Waals surface area contributed by atoms with Gasteiger partial charge in [-0.15, -0.1) is 0 Å². The summed E-state index contributed by atoms with van der Waals surface area (Å²) in [5.41, 5.74) is -6.62. The Hall–Kier alpha value is -11.1. The molecule has 20 nitrogen and oxygen atoms in total. The average molecular weight is 1860 g/mol. The number of alkyl halides is 12. The molecule has 40 heteroatoms. The fourth-order valence-electron chi connectivity index (χ4n) is 15.6. The number of aromatic nitrogens is 6. The molecule has 13 rings (SSSR count). The van der Waals surface area contributed by atoms with Gasteiger partial charge in [0.2, 0.25) is 0 Å². The number of benzene rings is 6. The fraction of sp³-hybridized carbons (Fsp3) is 0.400. The van der Waals surface area contributed by atoms with Gasteiger partial charge < -0.3 is 28.1 Å².